The summed E-state index contributed by atoms with van der Waals surface area (Å²) in [6, 6.07) is 5.54. The number of ether oxygens (including phenoxy) is 2. The van der Waals surface area contributed by atoms with Gasteiger partial charge in [-0.2, -0.15) is 5.26 Å². The van der Waals surface area contributed by atoms with Gasteiger partial charge in [-0.1, -0.05) is 13.8 Å². The summed E-state index contributed by atoms with van der Waals surface area (Å²) in [6.45, 7) is 5.35. The first-order chi connectivity index (χ1) is 7.52. The molecule has 16 heavy (non-hydrogen) atoms. The molecule has 0 atom stereocenters. The maximum absolute atomic E-state index is 8.87. The normalized spacial score (nSPS) is 17.4. The molecule has 1 aromatic carbocycles. The van der Waals surface area contributed by atoms with Crippen molar-refractivity contribution < 1.29 is 9.47 Å². The molecular weight excluding hydrogens is 270 g/mol. The molecular formula is C12H12BrNO2. The minimum absolute atomic E-state index is 0.0226. The van der Waals surface area contributed by atoms with E-state index in [9.17, 15) is 0 Å². The van der Waals surface area contributed by atoms with Crippen LogP contribution in [-0.4, -0.2) is 13.2 Å². The fourth-order valence-electron chi connectivity index (χ4n) is 1.46. The average molecular weight is 282 g/mol. The van der Waals surface area contributed by atoms with Crippen LogP contribution in [0.4, 0.5) is 0 Å². The minimum Gasteiger partial charge on any atom is -0.489 e. The molecule has 0 aromatic heterocycles. The first kappa shape index (κ1) is 11.3. The number of nitriles is 1. The van der Waals surface area contributed by atoms with Gasteiger partial charge in [0.15, 0.2) is 11.5 Å². The van der Waals surface area contributed by atoms with Gasteiger partial charge in [0.25, 0.3) is 0 Å². The van der Waals surface area contributed by atoms with Crippen molar-refractivity contribution in [3.63, 3.8) is 0 Å². The van der Waals surface area contributed by atoms with Crippen LogP contribution < -0.4 is 9.47 Å². The van der Waals surface area contributed by atoms with Crippen LogP contribution in [0.25, 0.3) is 0 Å². The van der Waals surface area contributed by atoms with E-state index in [0.29, 0.717) is 30.3 Å². The molecule has 0 amide bonds. The lowest BCUT2D eigenvalue weighted by Crippen LogP contribution is -2.26. The Hall–Kier alpha value is -1.21. The van der Waals surface area contributed by atoms with Crippen molar-refractivity contribution in [1.82, 2.24) is 0 Å². The van der Waals surface area contributed by atoms with Crippen molar-refractivity contribution in [3.8, 4) is 17.6 Å². The molecule has 1 aliphatic rings. The molecule has 1 aromatic rings. The Labute approximate surface area is 103 Å². The summed E-state index contributed by atoms with van der Waals surface area (Å²) in [5.74, 6) is 1.32. The second-order valence-corrected chi connectivity index (χ2v) is 5.49. The van der Waals surface area contributed by atoms with Gasteiger partial charge in [-0.3, -0.25) is 0 Å². The maximum atomic E-state index is 8.87. The third-order valence-electron chi connectivity index (χ3n) is 2.36. The van der Waals surface area contributed by atoms with Crippen LogP contribution in [0.2, 0.25) is 0 Å². The van der Waals surface area contributed by atoms with Gasteiger partial charge in [-0.15, -0.1) is 0 Å². The number of nitrogens with zero attached hydrogens (tertiary/aromatic N) is 1. The van der Waals surface area contributed by atoms with E-state index in [1.165, 1.54) is 0 Å². The van der Waals surface area contributed by atoms with Crippen molar-refractivity contribution in [2.24, 2.45) is 5.41 Å². The molecule has 0 saturated heterocycles. The lowest BCUT2D eigenvalue weighted by Gasteiger charge is -2.19. The summed E-state index contributed by atoms with van der Waals surface area (Å²) in [5, 5.41) is 8.87. The predicted molar refractivity (Wildman–Crippen MR) is 63.6 cm³/mol. The van der Waals surface area contributed by atoms with Crippen LogP contribution in [0.1, 0.15) is 19.4 Å². The average Bonchev–Trinajstić information content (AvgIpc) is 2.38. The highest BCUT2D eigenvalue weighted by molar-refractivity contribution is 9.10. The zero-order valence-electron chi connectivity index (χ0n) is 9.21. The van der Waals surface area contributed by atoms with E-state index >= 15 is 0 Å². The fourth-order valence-corrected chi connectivity index (χ4v) is 2.02. The molecule has 4 heteroatoms. The molecule has 1 heterocycles. The van der Waals surface area contributed by atoms with Crippen LogP contribution in [-0.2, 0) is 0 Å². The van der Waals surface area contributed by atoms with Gasteiger partial charge in [0.1, 0.15) is 0 Å². The molecule has 0 bridgehead atoms. The van der Waals surface area contributed by atoms with Crippen molar-refractivity contribution in [2.45, 2.75) is 13.8 Å². The highest BCUT2D eigenvalue weighted by Gasteiger charge is 2.26. The van der Waals surface area contributed by atoms with Crippen molar-refractivity contribution in [1.29, 1.82) is 5.26 Å². The Kier molecular flexibility index (Phi) is 2.81. The van der Waals surface area contributed by atoms with Gasteiger partial charge >= 0.3 is 0 Å². The smallest absolute Gasteiger partial charge is 0.175 e. The monoisotopic (exact) mass is 281 g/mol. The van der Waals surface area contributed by atoms with E-state index in [0.717, 1.165) is 4.47 Å². The summed E-state index contributed by atoms with van der Waals surface area (Å²) in [7, 11) is 0. The van der Waals surface area contributed by atoms with Gasteiger partial charge in [0.05, 0.1) is 29.3 Å². The molecule has 84 valence electrons. The minimum atomic E-state index is -0.0226. The summed E-state index contributed by atoms with van der Waals surface area (Å²) in [4.78, 5) is 0. The van der Waals surface area contributed by atoms with Crippen LogP contribution >= 0.6 is 15.9 Å². The molecule has 2 rings (SSSR count). The molecule has 0 aliphatic carbocycles. The zero-order chi connectivity index (χ0) is 11.8. The Bertz CT molecular complexity index is 463. The molecule has 0 saturated carbocycles. The Morgan fingerprint density at radius 2 is 2.00 bits per heavy atom. The standard InChI is InChI=1S/C12H12BrNO2/c1-12(2)6-15-10-4-8(5-14)3-9(13)11(10)16-7-12/h3-4H,6-7H2,1-2H3. The second-order valence-electron chi connectivity index (χ2n) is 4.64. The van der Waals surface area contributed by atoms with Gasteiger partial charge in [0, 0.05) is 11.5 Å². The van der Waals surface area contributed by atoms with E-state index < -0.39 is 0 Å². The number of halogens is 1. The van der Waals surface area contributed by atoms with Crippen LogP contribution in [0.3, 0.4) is 0 Å². The number of hydrogen-bond donors (Lipinski definition) is 0. The Balaban J connectivity index is 2.43. The molecule has 3 nitrogen and oxygen atoms in total. The highest BCUT2D eigenvalue weighted by atomic mass is 79.9. The maximum Gasteiger partial charge on any atom is 0.175 e. The van der Waals surface area contributed by atoms with E-state index in [1.54, 1.807) is 12.1 Å². The molecule has 1 aliphatic heterocycles. The number of benzene rings is 1. The lowest BCUT2D eigenvalue weighted by atomic mass is 9.97. The highest BCUT2D eigenvalue weighted by Crippen LogP contribution is 2.40. The largest absolute Gasteiger partial charge is 0.489 e. The molecule has 0 spiro atoms. The quantitative estimate of drug-likeness (QED) is 0.734. The van der Waals surface area contributed by atoms with Gasteiger partial charge < -0.3 is 9.47 Å². The predicted octanol–water partition coefficient (Wildman–Crippen LogP) is 3.12. The van der Waals surface area contributed by atoms with Gasteiger partial charge in [-0.25, -0.2) is 0 Å². The summed E-state index contributed by atoms with van der Waals surface area (Å²) >= 11 is 3.39. The van der Waals surface area contributed by atoms with Crippen molar-refractivity contribution in [3.05, 3.63) is 22.2 Å². The third-order valence-corrected chi connectivity index (χ3v) is 2.95. The lowest BCUT2D eigenvalue weighted by molar-refractivity contribution is 0.140. The van der Waals surface area contributed by atoms with Crippen LogP contribution in [0.5, 0.6) is 11.5 Å². The van der Waals surface area contributed by atoms with Crippen molar-refractivity contribution >= 4 is 15.9 Å². The van der Waals surface area contributed by atoms with E-state index in [4.69, 9.17) is 14.7 Å². The third kappa shape index (κ3) is 2.14. The number of rotatable bonds is 0. The van der Waals surface area contributed by atoms with E-state index in [-0.39, 0.29) is 5.41 Å². The topological polar surface area (TPSA) is 42.2 Å². The summed E-state index contributed by atoms with van der Waals surface area (Å²) < 4.78 is 12.2. The summed E-state index contributed by atoms with van der Waals surface area (Å²) in [6.07, 6.45) is 0. The van der Waals surface area contributed by atoms with Crippen LogP contribution in [0, 0.1) is 16.7 Å². The van der Waals surface area contributed by atoms with Crippen LogP contribution in [0.15, 0.2) is 16.6 Å². The second kappa shape index (κ2) is 3.99. The fraction of sp³-hybridized carbons (Fsp3) is 0.417. The van der Waals surface area contributed by atoms with E-state index in [1.807, 2.05) is 0 Å². The number of hydrogen-bond acceptors (Lipinski definition) is 3. The first-order valence-corrected chi connectivity index (χ1v) is 5.80. The van der Waals surface area contributed by atoms with Gasteiger partial charge in [0.2, 0.25) is 0 Å². The SMILES string of the molecule is CC1(C)COc2cc(C#N)cc(Br)c2OC1. The first-order valence-electron chi connectivity index (χ1n) is 5.01. The molecule has 0 unspecified atom stereocenters. The van der Waals surface area contributed by atoms with E-state index in [2.05, 4.69) is 35.8 Å². The molecule has 0 radical (unpaired) electrons. The summed E-state index contributed by atoms with van der Waals surface area (Å²) in [5.41, 5.74) is 0.541. The molecule has 0 N–H and O–H groups in total. The number of fused-ring (bicyclic) bond motifs is 1. The molecule has 0 fully saturated rings. The van der Waals surface area contributed by atoms with Crippen molar-refractivity contribution in [2.75, 3.05) is 13.2 Å². The van der Waals surface area contributed by atoms with Gasteiger partial charge in [-0.05, 0) is 22.0 Å². The Morgan fingerprint density at radius 1 is 1.31 bits per heavy atom. The zero-order valence-corrected chi connectivity index (χ0v) is 10.8. The Morgan fingerprint density at radius 3 is 2.69 bits per heavy atom.